The molecule has 0 amide bonds. The SMILES string of the molecule is COc1cccc(C(=O)ON=C2C=CC(=NOC(=O)c3cccc(OC)c3)C=C2)c1. The number of carbonyl (C=O) groups excluding carboxylic acids is 2. The molecule has 0 heterocycles. The Labute approximate surface area is 172 Å². The first-order valence-corrected chi connectivity index (χ1v) is 8.82. The van der Waals surface area contributed by atoms with Crippen LogP contribution in [0, 0.1) is 0 Å². The van der Waals surface area contributed by atoms with Crippen LogP contribution in [0.25, 0.3) is 0 Å². The zero-order valence-corrected chi connectivity index (χ0v) is 16.3. The zero-order valence-electron chi connectivity index (χ0n) is 16.3. The molecule has 0 saturated carbocycles. The van der Waals surface area contributed by atoms with E-state index < -0.39 is 11.9 Å². The minimum Gasteiger partial charge on any atom is -0.497 e. The molecule has 0 saturated heterocycles. The summed E-state index contributed by atoms with van der Waals surface area (Å²) >= 11 is 0. The number of nitrogens with zero attached hydrogens (tertiary/aromatic N) is 2. The second-order valence-electron chi connectivity index (χ2n) is 5.92. The van der Waals surface area contributed by atoms with E-state index in [-0.39, 0.29) is 0 Å². The minimum atomic E-state index is -0.616. The maximum Gasteiger partial charge on any atom is 0.365 e. The summed E-state index contributed by atoms with van der Waals surface area (Å²) in [6.45, 7) is 0. The van der Waals surface area contributed by atoms with Gasteiger partial charge in [-0.1, -0.05) is 22.4 Å². The van der Waals surface area contributed by atoms with Crippen LogP contribution in [0.1, 0.15) is 20.7 Å². The van der Waals surface area contributed by atoms with E-state index in [0.717, 1.165) is 0 Å². The van der Waals surface area contributed by atoms with Crippen LogP contribution in [-0.4, -0.2) is 37.6 Å². The molecule has 0 unspecified atom stereocenters. The Hall–Kier alpha value is -4.20. The molecule has 30 heavy (non-hydrogen) atoms. The molecule has 0 aliphatic heterocycles. The lowest BCUT2D eigenvalue weighted by Gasteiger charge is -2.04. The van der Waals surface area contributed by atoms with Crippen LogP contribution in [-0.2, 0) is 9.68 Å². The van der Waals surface area contributed by atoms with Crippen molar-refractivity contribution in [1.29, 1.82) is 0 Å². The average Bonchev–Trinajstić information content (AvgIpc) is 2.81. The molecule has 0 spiro atoms. The fraction of sp³-hybridized carbons (Fsp3) is 0.0909. The second-order valence-corrected chi connectivity index (χ2v) is 5.92. The lowest BCUT2D eigenvalue weighted by Crippen LogP contribution is -2.07. The Bertz CT molecular complexity index is 967. The summed E-state index contributed by atoms with van der Waals surface area (Å²) in [5.74, 6) is -0.150. The number of hydrogen-bond donors (Lipinski definition) is 0. The number of benzene rings is 2. The highest BCUT2D eigenvalue weighted by atomic mass is 16.7. The lowest BCUT2D eigenvalue weighted by molar-refractivity contribution is 0.0507. The van der Waals surface area contributed by atoms with Crippen LogP contribution in [0.4, 0.5) is 0 Å². The number of methoxy groups -OCH3 is 2. The topological polar surface area (TPSA) is 95.8 Å². The van der Waals surface area contributed by atoms with Gasteiger partial charge in [0.15, 0.2) is 0 Å². The van der Waals surface area contributed by atoms with Gasteiger partial charge in [-0.2, -0.15) is 0 Å². The fourth-order valence-electron chi connectivity index (χ4n) is 2.37. The van der Waals surface area contributed by atoms with E-state index in [0.29, 0.717) is 34.0 Å². The predicted octanol–water partition coefficient (Wildman–Crippen LogP) is 3.56. The van der Waals surface area contributed by atoms with Crippen molar-refractivity contribution in [3.8, 4) is 11.5 Å². The number of hydrogen-bond acceptors (Lipinski definition) is 8. The summed E-state index contributed by atoms with van der Waals surface area (Å²) in [4.78, 5) is 34.0. The summed E-state index contributed by atoms with van der Waals surface area (Å²) in [5.41, 5.74) is 1.41. The second kappa shape index (κ2) is 9.83. The third-order valence-corrected chi connectivity index (χ3v) is 3.93. The molecule has 8 heteroatoms. The minimum absolute atomic E-state index is 0.314. The summed E-state index contributed by atoms with van der Waals surface area (Å²) in [6.07, 6.45) is 6.27. The molecule has 8 nitrogen and oxygen atoms in total. The Morgan fingerprint density at radius 2 is 1.07 bits per heavy atom. The van der Waals surface area contributed by atoms with E-state index in [1.807, 2.05) is 0 Å². The first kappa shape index (κ1) is 20.5. The summed E-state index contributed by atoms with van der Waals surface area (Å²) in [5, 5.41) is 7.57. The molecule has 1 aliphatic rings. The lowest BCUT2D eigenvalue weighted by atomic mass is 10.1. The summed E-state index contributed by atoms with van der Waals surface area (Å²) in [7, 11) is 3.02. The highest BCUT2D eigenvalue weighted by Gasteiger charge is 2.11. The molecule has 2 aromatic carbocycles. The van der Waals surface area contributed by atoms with Crippen LogP contribution in [0.5, 0.6) is 11.5 Å². The van der Waals surface area contributed by atoms with Crippen molar-refractivity contribution in [2.24, 2.45) is 10.3 Å². The molecule has 0 bridgehead atoms. The van der Waals surface area contributed by atoms with E-state index in [1.165, 1.54) is 14.2 Å². The maximum atomic E-state index is 12.1. The number of carbonyl (C=O) groups is 2. The molecule has 0 atom stereocenters. The predicted molar refractivity (Wildman–Crippen MR) is 110 cm³/mol. The monoisotopic (exact) mass is 406 g/mol. The van der Waals surface area contributed by atoms with Crippen molar-refractivity contribution >= 4 is 23.4 Å². The molecule has 0 aromatic heterocycles. The smallest absolute Gasteiger partial charge is 0.365 e. The molecule has 152 valence electrons. The van der Waals surface area contributed by atoms with Crippen molar-refractivity contribution in [2.75, 3.05) is 14.2 Å². The van der Waals surface area contributed by atoms with Crippen molar-refractivity contribution in [1.82, 2.24) is 0 Å². The Morgan fingerprint density at radius 1 is 0.667 bits per heavy atom. The van der Waals surface area contributed by atoms with Crippen molar-refractivity contribution in [3.05, 3.63) is 84.0 Å². The van der Waals surface area contributed by atoms with Crippen molar-refractivity contribution < 1.29 is 28.7 Å². The zero-order chi connectivity index (χ0) is 21.3. The van der Waals surface area contributed by atoms with E-state index in [1.54, 1.807) is 72.8 Å². The molecule has 2 aromatic rings. The van der Waals surface area contributed by atoms with Crippen LogP contribution in [0.2, 0.25) is 0 Å². The molecule has 0 fully saturated rings. The van der Waals surface area contributed by atoms with Gasteiger partial charge in [0.2, 0.25) is 0 Å². The van der Waals surface area contributed by atoms with Gasteiger partial charge in [-0.25, -0.2) is 9.59 Å². The van der Waals surface area contributed by atoms with E-state index in [9.17, 15) is 9.59 Å². The Kier molecular flexibility index (Phi) is 6.73. The fourth-order valence-corrected chi connectivity index (χ4v) is 2.37. The van der Waals surface area contributed by atoms with E-state index in [4.69, 9.17) is 19.1 Å². The maximum absolute atomic E-state index is 12.1. The van der Waals surface area contributed by atoms with Gasteiger partial charge >= 0.3 is 11.9 Å². The molecule has 1 aliphatic carbocycles. The number of allylic oxidation sites excluding steroid dienone is 4. The molecular formula is C22H18N2O6. The highest BCUT2D eigenvalue weighted by Crippen LogP contribution is 2.15. The van der Waals surface area contributed by atoms with Gasteiger partial charge in [-0.3, -0.25) is 0 Å². The van der Waals surface area contributed by atoms with Crippen LogP contribution < -0.4 is 9.47 Å². The van der Waals surface area contributed by atoms with Gasteiger partial charge in [0.05, 0.1) is 25.3 Å². The first-order chi connectivity index (χ1) is 14.6. The molecule has 0 radical (unpaired) electrons. The average molecular weight is 406 g/mol. The molecule has 0 N–H and O–H groups in total. The van der Waals surface area contributed by atoms with Gasteiger partial charge in [0.25, 0.3) is 0 Å². The quantitative estimate of drug-likeness (QED) is 0.414. The van der Waals surface area contributed by atoms with E-state index >= 15 is 0 Å². The Balaban J connectivity index is 1.57. The highest BCUT2D eigenvalue weighted by molar-refractivity contribution is 6.18. The van der Waals surface area contributed by atoms with Gasteiger partial charge in [0.1, 0.15) is 22.9 Å². The van der Waals surface area contributed by atoms with Gasteiger partial charge < -0.3 is 19.1 Å². The number of oxime groups is 2. The molecular weight excluding hydrogens is 388 g/mol. The van der Waals surface area contributed by atoms with Crippen molar-refractivity contribution in [3.63, 3.8) is 0 Å². The van der Waals surface area contributed by atoms with Gasteiger partial charge in [-0.05, 0) is 60.7 Å². The normalized spacial score (nSPS) is 12.2. The first-order valence-electron chi connectivity index (χ1n) is 8.82. The summed E-state index contributed by atoms with van der Waals surface area (Å²) in [6, 6.07) is 13.1. The largest absolute Gasteiger partial charge is 0.497 e. The standard InChI is InChI=1S/C22H18N2O6/c1-27-19-7-3-5-15(13-19)21(25)29-23-17-9-11-18(12-10-17)24-30-22(26)16-6-4-8-20(14-16)28-2/h3-14H,1-2H3. The van der Waals surface area contributed by atoms with E-state index in [2.05, 4.69) is 10.3 Å². The molecule has 3 rings (SSSR count). The van der Waals surface area contributed by atoms with Crippen molar-refractivity contribution in [2.45, 2.75) is 0 Å². The third kappa shape index (κ3) is 5.41. The van der Waals surface area contributed by atoms with Crippen LogP contribution in [0.3, 0.4) is 0 Å². The summed E-state index contributed by atoms with van der Waals surface area (Å²) < 4.78 is 10.1. The van der Waals surface area contributed by atoms with Crippen LogP contribution in [0.15, 0.2) is 83.1 Å². The third-order valence-electron chi connectivity index (χ3n) is 3.93. The number of rotatable bonds is 6. The van der Waals surface area contributed by atoms with Crippen LogP contribution >= 0.6 is 0 Å². The number of ether oxygens (including phenoxy) is 2. The van der Waals surface area contributed by atoms with Gasteiger partial charge in [-0.15, -0.1) is 0 Å². The Morgan fingerprint density at radius 3 is 1.43 bits per heavy atom. The van der Waals surface area contributed by atoms with Gasteiger partial charge in [0, 0.05) is 0 Å².